The average Bonchev–Trinajstić information content (AvgIpc) is 2.31. The van der Waals surface area contributed by atoms with Gasteiger partial charge >= 0.3 is 0 Å². The Balaban J connectivity index is 2.22. The van der Waals surface area contributed by atoms with Crippen molar-refractivity contribution in [2.24, 2.45) is 0 Å². The van der Waals surface area contributed by atoms with Gasteiger partial charge < -0.3 is 5.73 Å². The van der Waals surface area contributed by atoms with Gasteiger partial charge in [-0.1, -0.05) is 22.0 Å². The summed E-state index contributed by atoms with van der Waals surface area (Å²) in [4.78, 5) is 0.863. The van der Waals surface area contributed by atoms with Crippen LogP contribution in [0.25, 0.3) is 0 Å². The van der Waals surface area contributed by atoms with Crippen molar-refractivity contribution >= 4 is 32.4 Å². The van der Waals surface area contributed by atoms with Crippen LogP contribution in [0.3, 0.4) is 0 Å². The zero-order valence-electron chi connectivity index (χ0n) is 10.9. The maximum Gasteiger partial charge on any atom is 0.0574 e. The molecule has 0 aliphatic rings. The topological polar surface area (TPSA) is 43.1 Å². The van der Waals surface area contributed by atoms with Crippen molar-refractivity contribution in [1.82, 2.24) is 0 Å². The molecule has 2 nitrogen and oxygen atoms in total. The highest BCUT2D eigenvalue weighted by molar-refractivity contribution is 9.10. The van der Waals surface area contributed by atoms with Crippen molar-refractivity contribution in [1.29, 1.82) is 0 Å². The summed E-state index contributed by atoms with van der Waals surface area (Å²) < 4.78 is 13.3. The van der Waals surface area contributed by atoms with Gasteiger partial charge in [-0.3, -0.25) is 4.21 Å². The molecule has 2 aromatic carbocycles. The predicted molar refractivity (Wildman–Crippen MR) is 84.6 cm³/mol. The molecule has 4 heteroatoms. The second kappa shape index (κ2) is 5.88. The number of nitrogens with two attached hydrogens (primary N) is 1. The molecule has 0 heterocycles. The van der Waals surface area contributed by atoms with Crippen LogP contribution in [0.4, 0.5) is 5.69 Å². The highest BCUT2D eigenvalue weighted by Crippen LogP contribution is 2.21. The third kappa shape index (κ3) is 3.67. The Hall–Kier alpha value is -1.13. The Morgan fingerprint density at radius 1 is 1.11 bits per heavy atom. The zero-order chi connectivity index (χ0) is 14.0. The van der Waals surface area contributed by atoms with Gasteiger partial charge in [0.25, 0.3) is 0 Å². The first-order valence-corrected chi connectivity index (χ1v) is 8.07. The van der Waals surface area contributed by atoms with Crippen molar-refractivity contribution < 1.29 is 4.21 Å². The van der Waals surface area contributed by atoms with Crippen LogP contribution < -0.4 is 5.73 Å². The summed E-state index contributed by atoms with van der Waals surface area (Å²) in [7, 11) is -1.05. The SMILES string of the molecule is Cc1ccc(S(=O)Cc2cc(N)cc(Br)c2)cc1C. The Labute approximate surface area is 124 Å². The summed E-state index contributed by atoms with van der Waals surface area (Å²) in [6, 6.07) is 11.6. The van der Waals surface area contributed by atoms with Crippen molar-refractivity contribution in [3.05, 3.63) is 57.6 Å². The molecule has 0 aliphatic carbocycles. The van der Waals surface area contributed by atoms with E-state index < -0.39 is 10.8 Å². The van der Waals surface area contributed by atoms with Gasteiger partial charge in [0, 0.05) is 15.1 Å². The van der Waals surface area contributed by atoms with E-state index in [4.69, 9.17) is 5.73 Å². The number of rotatable bonds is 3. The fourth-order valence-electron chi connectivity index (χ4n) is 1.85. The van der Waals surface area contributed by atoms with E-state index in [-0.39, 0.29) is 0 Å². The van der Waals surface area contributed by atoms with Gasteiger partial charge in [-0.15, -0.1) is 0 Å². The van der Waals surface area contributed by atoms with Gasteiger partial charge in [-0.2, -0.15) is 0 Å². The fourth-order valence-corrected chi connectivity index (χ4v) is 3.57. The first-order chi connectivity index (χ1) is 8.95. The molecule has 1 unspecified atom stereocenters. The van der Waals surface area contributed by atoms with Gasteiger partial charge in [0.05, 0.1) is 16.6 Å². The average molecular weight is 338 g/mol. The number of anilines is 1. The fraction of sp³-hybridized carbons (Fsp3) is 0.200. The largest absolute Gasteiger partial charge is 0.399 e. The van der Waals surface area contributed by atoms with Crippen molar-refractivity contribution in [2.75, 3.05) is 5.73 Å². The van der Waals surface area contributed by atoms with Gasteiger partial charge in [0.15, 0.2) is 0 Å². The molecule has 100 valence electrons. The Morgan fingerprint density at radius 3 is 2.47 bits per heavy atom. The van der Waals surface area contributed by atoms with E-state index in [2.05, 4.69) is 22.9 Å². The first-order valence-electron chi connectivity index (χ1n) is 5.96. The highest BCUT2D eigenvalue weighted by atomic mass is 79.9. The molecule has 0 amide bonds. The zero-order valence-corrected chi connectivity index (χ0v) is 13.3. The number of benzene rings is 2. The summed E-state index contributed by atoms with van der Waals surface area (Å²) >= 11 is 3.40. The molecule has 2 aromatic rings. The normalized spacial score (nSPS) is 12.4. The molecular weight excluding hydrogens is 322 g/mol. The number of nitrogen functional groups attached to an aromatic ring is 1. The quantitative estimate of drug-likeness (QED) is 0.861. The first kappa shape index (κ1) is 14.3. The molecule has 2 rings (SSSR count). The molecule has 0 bridgehead atoms. The summed E-state index contributed by atoms with van der Waals surface area (Å²) in [5, 5.41) is 0. The van der Waals surface area contributed by atoms with Crippen LogP contribution >= 0.6 is 15.9 Å². The van der Waals surface area contributed by atoms with Crippen molar-refractivity contribution in [3.8, 4) is 0 Å². The second-order valence-corrected chi connectivity index (χ2v) is 7.00. The summed E-state index contributed by atoms with van der Waals surface area (Å²) in [6.07, 6.45) is 0. The lowest BCUT2D eigenvalue weighted by Crippen LogP contribution is -1.99. The minimum Gasteiger partial charge on any atom is -0.399 e. The van der Waals surface area contributed by atoms with Gasteiger partial charge in [0.2, 0.25) is 0 Å². The number of hydrogen-bond acceptors (Lipinski definition) is 2. The van der Waals surface area contributed by atoms with Crippen LogP contribution in [0.15, 0.2) is 45.8 Å². The third-order valence-corrected chi connectivity index (χ3v) is 4.85. The lowest BCUT2D eigenvalue weighted by Gasteiger charge is -2.07. The Bertz CT molecular complexity index is 620. The molecule has 19 heavy (non-hydrogen) atoms. The maximum atomic E-state index is 12.4. The van der Waals surface area contributed by atoms with E-state index in [9.17, 15) is 4.21 Å². The predicted octanol–water partition coefficient (Wildman–Crippen LogP) is 3.96. The van der Waals surface area contributed by atoms with Gasteiger partial charge in [-0.25, -0.2) is 0 Å². The number of halogens is 1. The van der Waals surface area contributed by atoms with E-state index in [0.29, 0.717) is 11.4 Å². The molecule has 0 radical (unpaired) electrons. The van der Waals surface area contributed by atoms with Crippen LogP contribution in [0, 0.1) is 13.8 Å². The molecule has 0 saturated carbocycles. The monoisotopic (exact) mass is 337 g/mol. The summed E-state index contributed by atoms with van der Waals surface area (Å²) in [6.45, 7) is 4.09. The molecule has 1 atom stereocenters. The van der Waals surface area contributed by atoms with Crippen LogP contribution in [-0.2, 0) is 16.6 Å². The Morgan fingerprint density at radius 2 is 1.84 bits per heavy atom. The van der Waals surface area contributed by atoms with Crippen LogP contribution in [0.1, 0.15) is 16.7 Å². The molecule has 2 N–H and O–H groups in total. The van der Waals surface area contributed by atoms with Crippen molar-refractivity contribution in [2.45, 2.75) is 24.5 Å². The lowest BCUT2D eigenvalue weighted by atomic mass is 10.1. The lowest BCUT2D eigenvalue weighted by molar-refractivity contribution is 0.682. The smallest absolute Gasteiger partial charge is 0.0574 e. The van der Waals surface area contributed by atoms with E-state index >= 15 is 0 Å². The molecular formula is C15H16BrNOS. The van der Waals surface area contributed by atoms with E-state index in [0.717, 1.165) is 14.9 Å². The molecule has 0 aromatic heterocycles. The van der Waals surface area contributed by atoms with Crippen LogP contribution in [0.5, 0.6) is 0 Å². The maximum absolute atomic E-state index is 12.4. The van der Waals surface area contributed by atoms with Crippen LogP contribution in [0.2, 0.25) is 0 Å². The number of hydrogen-bond donors (Lipinski definition) is 1. The standard InChI is InChI=1S/C15H16BrNOS/c1-10-3-4-15(5-11(10)2)19(18)9-12-6-13(16)8-14(17)7-12/h3-8H,9,17H2,1-2H3. The minimum absolute atomic E-state index is 0.478. The van der Waals surface area contributed by atoms with Crippen LogP contribution in [-0.4, -0.2) is 4.21 Å². The summed E-state index contributed by atoms with van der Waals surface area (Å²) in [5.41, 5.74) is 9.83. The third-order valence-electron chi connectivity index (χ3n) is 3.02. The van der Waals surface area contributed by atoms with Crippen molar-refractivity contribution in [3.63, 3.8) is 0 Å². The molecule has 0 spiro atoms. The van der Waals surface area contributed by atoms with E-state index in [1.54, 1.807) is 0 Å². The minimum atomic E-state index is -1.05. The Kier molecular flexibility index (Phi) is 4.42. The van der Waals surface area contributed by atoms with E-state index in [1.165, 1.54) is 11.1 Å². The number of aryl methyl sites for hydroxylation is 2. The van der Waals surface area contributed by atoms with Gasteiger partial charge in [-0.05, 0) is 60.9 Å². The summed E-state index contributed by atoms with van der Waals surface area (Å²) in [5.74, 6) is 0.478. The van der Waals surface area contributed by atoms with Gasteiger partial charge in [0.1, 0.15) is 0 Å². The molecule has 0 aliphatic heterocycles. The molecule has 0 saturated heterocycles. The molecule has 0 fully saturated rings. The van der Waals surface area contributed by atoms with E-state index in [1.807, 2.05) is 43.3 Å². The highest BCUT2D eigenvalue weighted by Gasteiger charge is 2.07. The second-order valence-electron chi connectivity index (χ2n) is 4.63.